The zero-order chi connectivity index (χ0) is 12.4. The lowest BCUT2D eigenvalue weighted by Gasteiger charge is -2.29. The molecule has 0 atom stereocenters. The molecule has 18 heavy (non-hydrogen) atoms. The van der Waals surface area contributed by atoms with E-state index in [-0.39, 0.29) is 0 Å². The molecule has 1 aromatic carbocycles. The molecule has 0 saturated carbocycles. The van der Waals surface area contributed by atoms with Crippen molar-refractivity contribution in [1.82, 2.24) is 4.98 Å². The largest absolute Gasteiger partial charge is 0.356 e. The van der Waals surface area contributed by atoms with Gasteiger partial charge in [-0.2, -0.15) is 0 Å². The van der Waals surface area contributed by atoms with E-state index < -0.39 is 0 Å². The second-order valence-corrected chi connectivity index (χ2v) is 4.91. The summed E-state index contributed by atoms with van der Waals surface area (Å²) in [5, 5.41) is 2.49. The Morgan fingerprint density at radius 1 is 1.11 bits per heavy atom. The van der Waals surface area contributed by atoms with Crippen molar-refractivity contribution in [3.8, 4) is 0 Å². The van der Waals surface area contributed by atoms with Gasteiger partial charge in [0.2, 0.25) is 0 Å². The molecule has 0 spiro atoms. The molecule has 1 saturated heterocycles. The smallest absolute Gasteiger partial charge is 0.136 e. The number of aromatic nitrogens is 1. The highest BCUT2D eigenvalue weighted by Gasteiger charge is 2.15. The van der Waals surface area contributed by atoms with Crippen LogP contribution in [0.5, 0.6) is 0 Å². The lowest BCUT2D eigenvalue weighted by Crippen LogP contribution is -2.30. The fraction of sp³-hybridized carbons (Fsp3) is 0.400. The molecule has 2 N–H and O–H groups in total. The number of pyridine rings is 1. The fourth-order valence-corrected chi connectivity index (χ4v) is 2.69. The van der Waals surface area contributed by atoms with Crippen LogP contribution >= 0.6 is 0 Å². The summed E-state index contributed by atoms with van der Waals surface area (Å²) >= 11 is 0. The monoisotopic (exact) mass is 241 g/mol. The summed E-state index contributed by atoms with van der Waals surface area (Å²) in [5.41, 5.74) is 6.74. The van der Waals surface area contributed by atoms with Gasteiger partial charge in [0, 0.05) is 25.0 Å². The van der Waals surface area contributed by atoms with E-state index in [4.69, 9.17) is 10.7 Å². The summed E-state index contributed by atoms with van der Waals surface area (Å²) in [4.78, 5) is 7.15. The van der Waals surface area contributed by atoms with E-state index in [1.165, 1.54) is 30.0 Å². The molecule has 0 bridgehead atoms. The zero-order valence-electron chi connectivity index (χ0n) is 10.6. The number of anilines is 1. The number of benzene rings is 1. The first kappa shape index (κ1) is 11.5. The van der Waals surface area contributed by atoms with Crippen LogP contribution < -0.4 is 10.6 Å². The van der Waals surface area contributed by atoms with Crippen LogP contribution in [0, 0.1) is 0 Å². The minimum Gasteiger partial charge on any atom is -0.356 e. The Balaban J connectivity index is 2.12. The lowest BCUT2D eigenvalue weighted by molar-refractivity contribution is 0.574. The van der Waals surface area contributed by atoms with Crippen molar-refractivity contribution in [3.05, 3.63) is 36.0 Å². The van der Waals surface area contributed by atoms with Crippen LogP contribution in [-0.2, 0) is 6.54 Å². The molecule has 1 aliphatic rings. The van der Waals surface area contributed by atoms with Gasteiger partial charge in [-0.1, -0.05) is 24.3 Å². The van der Waals surface area contributed by atoms with E-state index in [0.717, 1.165) is 24.6 Å². The lowest BCUT2D eigenvalue weighted by atomic mass is 10.1. The molecule has 0 radical (unpaired) electrons. The highest BCUT2D eigenvalue weighted by atomic mass is 15.2. The van der Waals surface area contributed by atoms with Crippen LogP contribution in [0.4, 0.5) is 5.82 Å². The molecule has 2 aromatic rings. The van der Waals surface area contributed by atoms with Crippen LogP contribution in [0.25, 0.3) is 10.8 Å². The Morgan fingerprint density at radius 3 is 2.67 bits per heavy atom. The maximum atomic E-state index is 5.76. The quantitative estimate of drug-likeness (QED) is 0.879. The van der Waals surface area contributed by atoms with E-state index >= 15 is 0 Å². The van der Waals surface area contributed by atoms with Gasteiger partial charge >= 0.3 is 0 Å². The third-order valence-corrected chi connectivity index (χ3v) is 3.64. The molecule has 1 aliphatic heterocycles. The van der Waals surface area contributed by atoms with Crippen molar-refractivity contribution >= 4 is 16.6 Å². The van der Waals surface area contributed by atoms with Gasteiger partial charge in [-0.15, -0.1) is 0 Å². The third kappa shape index (κ3) is 2.06. The molecule has 0 amide bonds. The average molecular weight is 241 g/mol. The van der Waals surface area contributed by atoms with Crippen LogP contribution in [0.2, 0.25) is 0 Å². The summed E-state index contributed by atoms with van der Waals surface area (Å²) < 4.78 is 0. The number of nitrogens with two attached hydrogens (primary N) is 1. The molecular weight excluding hydrogens is 222 g/mol. The van der Waals surface area contributed by atoms with Gasteiger partial charge in [-0.05, 0) is 30.7 Å². The van der Waals surface area contributed by atoms with Gasteiger partial charge in [0.15, 0.2) is 0 Å². The Bertz CT molecular complexity index is 544. The summed E-state index contributed by atoms with van der Waals surface area (Å²) in [6.07, 6.45) is 3.87. The molecule has 94 valence electrons. The first-order chi connectivity index (χ1) is 8.88. The molecular formula is C15H19N3. The second-order valence-electron chi connectivity index (χ2n) is 4.91. The summed E-state index contributed by atoms with van der Waals surface area (Å²) in [6, 6.07) is 10.6. The van der Waals surface area contributed by atoms with Crippen molar-refractivity contribution in [3.63, 3.8) is 0 Å². The number of hydrogen-bond acceptors (Lipinski definition) is 3. The Labute approximate surface area is 108 Å². The molecule has 3 nitrogen and oxygen atoms in total. The summed E-state index contributed by atoms with van der Waals surface area (Å²) in [7, 11) is 0. The van der Waals surface area contributed by atoms with Gasteiger partial charge in [0.1, 0.15) is 5.82 Å². The van der Waals surface area contributed by atoms with Crippen LogP contribution in [0.3, 0.4) is 0 Å². The molecule has 1 aromatic heterocycles. The van der Waals surface area contributed by atoms with E-state index in [2.05, 4.69) is 35.2 Å². The van der Waals surface area contributed by atoms with E-state index in [0.29, 0.717) is 6.54 Å². The standard InChI is InChI=1S/C15H19N3/c16-11-13-10-12-6-2-3-7-14(12)15(17-13)18-8-4-1-5-9-18/h2-3,6-7,10H,1,4-5,8-9,11,16H2. The van der Waals surface area contributed by atoms with Crippen molar-refractivity contribution < 1.29 is 0 Å². The van der Waals surface area contributed by atoms with Gasteiger partial charge < -0.3 is 10.6 Å². The van der Waals surface area contributed by atoms with Gasteiger partial charge in [-0.25, -0.2) is 4.98 Å². The summed E-state index contributed by atoms with van der Waals surface area (Å²) in [5.74, 6) is 1.12. The van der Waals surface area contributed by atoms with E-state index in [1.54, 1.807) is 0 Å². The number of fused-ring (bicyclic) bond motifs is 1. The highest BCUT2D eigenvalue weighted by Crippen LogP contribution is 2.27. The molecule has 3 rings (SSSR count). The first-order valence-corrected chi connectivity index (χ1v) is 6.72. The van der Waals surface area contributed by atoms with E-state index in [9.17, 15) is 0 Å². The van der Waals surface area contributed by atoms with Crippen molar-refractivity contribution in [2.75, 3.05) is 18.0 Å². The third-order valence-electron chi connectivity index (χ3n) is 3.64. The minimum absolute atomic E-state index is 0.506. The molecule has 3 heteroatoms. The maximum absolute atomic E-state index is 5.76. The van der Waals surface area contributed by atoms with Crippen LogP contribution in [-0.4, -0.2) is 18.1 Å². The predicted molar refractivity (Wildman–Crippen MR) is 75.7 cm³/mol. The van der Waals surface area contributed by atoms with Crippen LogP contribution in [0.15, 0.2) is 30.3 Å². The summed E-state index contributed by atoms with van der Waals surface area (Å²) in [6.45, 7) is 2.74. The SMILES string of the molecule is NCc1cc2ccccc2c(N2CCCCC2)n1. The van der Waals surface area contributed by atoms with Crippen molar-refractivity contribution in [1.29, 1.82) is 0 Å². The molecule has 0 unspecified atom stereocenters. The van der Waals surface area contributed by atoms with Gasteiger partial charge in [0.05, 0.1) is 5.69 Å². The Hall–Kier alpha value is -1.61. The molecule has 2 heterocycles. The average Bonchev–Trinajstić information content (AvgIpc) is 2.47. The van der Waals surface area contributed by atoms with E-state index in [1.807, 2.05) is 0 Å². The van der Waals surface area contributed by atoms with Crippen molar-refractivity contribution in [2.45, 2.75) is 25.8 Å². The zero-order valence-corrected chi connectivity index (χ0v) is 10.6. The van der Waals surface area contributed by atoms with Crippen LogP contribution in [0.1, 0.15) is 25.0 Å². The fourth-order valence-electron chi connectivity index (χ4n) is 2.69. The number of rotatable bonds is 2. The molecule has 1 fully saturated rings. The topological polar surface area (TPSA) is 42.1 Å². The maximum Gasteiger partial charge on any atom is 0.136 e. The number of hydrogen-bond donors (Lipinski definition) is 1. The second kappa shape index (κ2) is 4.94. The molecule has 0 aliphatic carbocycles. The minimum atomic E-state index is 0.506. The normalized spacial score (nSPS) is 16.2. The Kier molecular flexibility index (Phi) is 3.15. The van der Waals surface area contributed by atoms with Crippen molar-refractivity contribution in [2.24, 2.45) is 5.73 Å². The predicted octanol–water partition coefficient (Wildman–Crippen LogP) is 2.68. The number of piperidine rings is 1. The highest BCUT2D eigenvalue weighted by molar-refractivity contribution is 5.92. The number of nitrogens with zero attached hydrogens (tertiary/aromatic N) is 2. The Morgan fingerprint density at radius 2 is 1.89 bits per heavy atom. The van der Waals surface area contributed by atoms with Gasteiger partial charge in [-0.3, -0.25) is 0 Å². The van der Waals surface area contributed by atoms with Gasteiger partial charge in [0.25, 0.3) is 0 Å². The first-order valence-electron chi connectivity index (χ1n) is 6.72.